The van der Waals surface area contributed by atoms with Crippen molar-refractivity contribution in [3.8, 4) is 0 Å². The van der Waals surface area contributed by atoms with Crippen molar-refractivity contribution in [3.05, 3.63) is 65.7 Å². The molecule has 0 aromatic heterocycles. The Morgan fingerprint density at radius 3 is 2.14 bits per heavy atom. The molecule has 4 rings (SSSR count). The Hall–Kier alpha value is -2.87. The molecule has 0 unspecified atom stereocenters. The standard InChI is InChI=1S/C20H14O2/c1-12(20(21)22)11-16-8-7-15-6-5-13-3-2-4-14-9-10-17(16)19(15)18(13)14/h2-11H,1H3,(H,21,22). The Morgan fingerprint density at radius 1 is 0.864 bits per heavy atom. The molecular weight excluding hydrogens is 272 g/mol. The molecule has 0 aliphatic carbocycles. The van der Waals surface area contributed by atoms with Crippen molar-refractivity contribution in [3.63, 3.8) is 0 Å². The molecule has 0 saturated carbocycles. The van der Waals surface area contributed by atoms with Crippen LogP contribution in [0.5, 0.6) is 0 Å². The molecule has 2 nitrogen and oxygen atoms in total. The van der Waals surface area contributed by atoms with Crippen molar-refractivity contribution in [2.24, 2.45) is 0 Å². The van der Waals surface area contributed by atoms with Gasteiger partial charge in [-0.3, -0.25) is 0 Å². The van der Waals surface area contributed by atoms with Gasteiger partial charge in [-0.1, -0.05) is 54.6 Å². The molecule has 0 spiro atoms. The highest BCUT2D eigenvalue weighted by atomic mass is 16.4. The SMILES string of the molecule is CC(=Cc1ccc2ccc3cccc4ccc1c2c34)C(=O)O. The highest BCUT2D eigenvalue weighted by Crippen LogP contribution is 2.36. The summed E-state index contributed by atoms with van der Waals surface area (Å²) in [5.41, 5.74) is 1.29. The first-order valence-electron chi connectivity index (χ1n) is 7.23. The fourth-order valence-corrected chi connectivity index (χ4v) is 3.18. The summed E-state index contributed by atoms with van der Waals surface area (Å²) in [6, 6.07) is 18.8. The van der Waals surface area contributed by atoms with Crippen LogP contribution in [-0.2, 0) is 4.79 Å². The normalized spacial score (nSPS) is 12.5. The molecule has 0 aliphatic heterocycles. The maximum Gasteiger partial charge on any atom is 0.331 e. The lowest BCUT2D eigenvalue weighted by atomic mass is 9.91. The van der Waals surface area contributed by atoms with Crippen LogP contribution in [0.3, 0.4) is 0 Å². The van der Waals surface area contributed by atoms with Gasteiger partial charge < -0.3 is 5.11 Å². The highest BCUT2D eigenvalue weighted by molar-refractivity contribution is 6.24. The largest absolute Gasteiger partial charge is 0.478 e. The lowest BCUT2D eigenvalue weighted by molar-refractivity contribution is -0.132. The van der Waals surface area contributed by atoms with Crippen LogP contribution >= 0.6 is 0 Å². The van der Waals surface area contributed by atoms with Crippen LogP contribution in [0.1, 0.15) is 12.5 Å². The van der Waals surface area contributed by atoms with E-state index in [0.717, 1.165) is 10.9 Å². The number of rotatable bonds is 2. The topological polar surface area (TPSA) is 37.3 Å². The van der Waals surface area contributed by atoms with Crippen molar-refractivity contribution in [1.82, 2.24) is 0 Å². The zero-order valence-electron chi connectivity index (χ0n) is 12.1. The van der Waals surface area contributed by atoms with Crippen LogP contribution in [0, 0.1) is 0 Å². The zero-order chi connectivity index (χ0) is 15.3. The van der Waals surface area contributed by atoms with Crippen molar-refractivity contribution in [2.45, 2.75) is 6.92 Å². The summed E-state index contributed by atoms with van der Waals surface area (Å²) in [5.74, 6) is -0.884. The maximum absolute atomic E-state index is 11.1. The highest BCUT2D eigenvalue weighted by Gasteiger charge is 2.10. The lowest BCUT2D eigenvalue weighted by Crippen LogP contribution is -1.95. The second-order valence-electron chi connectivity index (χ2n) is 5.64. The molecule has 4 aromatic carbocycles. The molecule has 0 amide bonds. The van der Waals surface area contributed by atoms with E-state index < -0.39 is 5.97 Å². The van der Waals surface area contributed by atoms with Crippen molar-refractivity contribution < 1.29 is 9.90 Å². The summed E-state index contributed by atoms with van der Waals surface area (Å²) in [4.78, 5) is 11.1. The van der Waals surface area contributed by atoms with Gasteiger partial charge in [0.15, 0.2) is 0 Å². The first-order chi connectivity index (χ1) is 10.6. The van der Waals surface area contributed by atoms with Gasteiger partial charge in [0.1, 0.15) is 0 Å². The van der Waals surface area contributed by atoms with Gasteiger partial charge in [0, 0.05) is 5.57 Å². The summed E-state index contributed by atoms with van der Waals surface area (Å²) in [7, 11) is 0. The van der Waals surface area contributed by atoms with E-state index >= 15 is 0 Å². The fourth-order valence-electron chi connectivity index (χ4n) is 3.18. The number of benzene rings is 4. The van der Waals surface area contributed by atoms with Gasteiger partial charge in [0.05, 0.1) is 0 Å². The van der Waals surface area contributed by atoms with Gasteiger partial charge in [-0.05, 0) is 50.9 Å². The van der Waals surface area contributed by atoms with Gasteiger partial charge in [0.2, 0.25) is 0 Å². The third-order valence-electron chi connectivity index (χ3n) is 4.27. The number of aliphatic carboxylic acids is 1. The van der Waals surface area contributed by atoms with E-state index in [0.29, 0.717) is 5.57 Å². The van der Waals surface area contributed by atoms with E-state index in [1.165, 1.54) is 26.9 Å². The molecule has 0 aliphatic rings. The van der Waals surface area contributed by atoms with Crippen molar-refractivity contribution in [1.29, 1.82) is 0 Å². The quantitative estimate of drug-likeness (QED) is 0.412. The smallest absolute Gasteiger partial charge is 0.331 e. The van der Waals surface area contributed by atoms with Crippen LogP contribution in [0.25, 0.3) is 38.4 Å². The van der Waals surface area contributed by atoms with Crippen LogP contribution < -0.4 is 0 Å². The summed E-state index contributed by atoms with van der Waals surface area (Å²) >= 11 is 0. The number of carboxylic acid groups (broad SMARTS) is 1. The molecular formula is C20H14O2. The van der Waals surface area contributed by atoms with E-state index in [2.05, 4.69) is 48.5 Å². The molecule has 0 heterocycles. The average molecular weight is 286 g/mol. The van der Waals surface area contributed by atoms with E-state index in [4.69, 9.17) is 5.11 Å². The van der Waals surface area contributed by atoms with Crippen molar-refractivity contribution >= 4 is 44.4 Å². The predicted molar refractivity (Wildman–Crippen MR) is 91.4 cm³/mol. The molecule has 0 bridgehead atoms. The molecule has 4 aromatic rings. The fraction of sp³-hybridized carbons (Fsp3) is 0.0500. The minimum atomic E-state index is -0.884. The number of carboxylic acids is 1. The van der Waals surface area contributed by atoms with E-state index in [9.17, 15) is 4.79 Å². The molecule has 0 saturated heterocycles. The summed E-state index contributed by atoms with van der Waals surface area (Å²) in [5, 5.41) is 16.3. The van der Waals surface area contributed by atoms with Crippen LogP contribution in [0.15, 0.2) is 60.2 Å². The Labute approximate surface area is 127 Å². The monoisotopic (exact) mass is 286 g/mol. The second kappa shape index (κ2) is 4.57. The molecule has 106 valence electrons. The second-order valence-corrected chi connectivity index (χ2v) is 5.64. The van der Waals surface area contributed by atoms with Gasteiger partial charge in [0.25, 0.3) is 0 Å². The first kappa shape index (κ1) is 12.8. The van der Waals surface area contributed by atoms with Crippen molar-refractivity contribution in [2.75, 3.05) is 0 Å². The molecule has 22 heavy (non-hydrogen) atoms. The molecule has 0 atom stereocenters. The Balaban J connectivity index is 2.17. The van der Waals surface area contributed by atoms with Gasteiger partial charge in [-0.25, -0.2) is 4.79 Å². The van der Waals surface area contributed by atoms with Gasteiger partial charge in [-0.15, -0.1) is 0 Å². The minimum absolute atomic E-state index is 0.343. The molecule has 0 fully saturated rings. The molecule has 2 heteroatoms. The third-order valence-corrected chi connectivity index (χ3v) is 4.27. The lowest BCUT2D eigenvalue weighted by Gasteiger charge is -2.12. The minimum Gasteiger partial charge on any atom is -0.478 e. The number of hydrogen-bond acceptors (Lipinski definition) is 1. The van der Waals surface area contributed by atoms with Crippen LogP contribution in [0.4, 0.5) is 0 Å². The summed E-state index contributed by atoms with van der Waals surface area (Å²) < 4.78 is 0. The molecule has 0 radical (unpaired) electrons. The zero-order valence-corrected chi connectivity index (χ0v) is 12.1. The Kier molecular flexibility index (Phi) is 2.67. The summed E-state index contributed by atoms with van der Waals surface area (Å²) in [6.45, 7) is 1.63. The number of hydrogen-bond donors (Lipinski definition) is 1. The Bertz CT molecular complexity index is 1040. The first-order valence-corrected chi connectivity index (χ1v) is 7.23. The average Bonchev–Trinajstić information content (AvgIpc) is 2.53. The summed E-state index contributed by atoms with van der Waals surface area (Å²) in [6.07, 6.45) is 1.74. The van der Waals surface area contributed by atoms with Crippen LogP contribution in [-0.4, -0.2) is 11.1 Å². The maximum atomic E-state index is 11.1. The van der Waals surface area contributed by atoms with Crippen LogP contribution in [0.2, 0.25) is 0 Å². The third kappa shape index (κ3) is 1.77. The van der Waals surface area contributed by atoms with Gasteiger partial charge >= 0.3 is 5.97 Å². The predicted octanol–water partition coefficient (Wildman–Crippen LogP) is 5.07. The Morgan fingerprint density at radius 2 is 1.45 bits per heavy atom. The van der Waals surface area contributed by atoms with E-state index in [1.54, 1.807) is 13.0 Å². The number of carbonyl (C=O) groups is 1. The van der Waals surface area contributed by atoms with E-state index in [1.807, 2.05) is 6.07 Å². The molecule has 1 N–H and O–H groups in total. The van der Waals surface area contributed by atoms with E-state index in [-0.39, 0.29) is 0 Å². The van der Waals surface area contributed by atoms with Gasteiger partial charge in [-0.2, -0.15) is 0 Å².